The fraction of sp³-hybridized carbons (Fsp3) is 0.917. The zero-order valence-corrected chi connectivity index (χ0v) is 9.64. The Balaban J connectivity index is 2.50. The van der Waals surface area contributed by atoms with Crippen LogP contribution in [0.15, 0.2) is 0 Å². The molecule has 1 aliphatic carbocycles. The molecule has 82 valence electrons. The average molecular weight is 198 g/mol. The zero-order chi connectivity index (χ0) is 10.6. The van der Waals surface area contributed by atoms with Gasteiger partial charge in [0.05, 0.1) is 6.10 Å². The van der Waals surface area contributed by atoms with E-state index in [1.807, 2.05) is 6.92 Å². The second kappa shape index (κ2) is 4.92. The fourth-order valence-electron chi connectivity index (χ4n) is 2.50. The van der Waals surface area contributed by atoms with Gasteiger partial charge in [-0.1, -0.05) is 6.92 Å². The summed E-state index contributed by atoms with van der Waals surface area (Å²) in [7, 11) is 0. The molecule has 0 aromatic rings. The maximum absolute atomic E-state index is 11.6. The third-order valence-electron chi connectivity index (χ3n) is 3.72. The molecular formula is C12H22O2. The highest BCUT2D eigenvalue weighted by Crippen LogP contribution is 2.40. The summed E-state index contributed by atoms with van der Waals surface area (Å²) < 4.78 is 5.59. The summed E-state index contributed by atoms with van der Waals surface area (Å²) in [6.07, 6.45) is 5.54. The number of carbonyl (C=O) groups excluding carboxylic acids is 1. The van der Waals surface area contributed by atoms with Crippen molar-refractivity contribution >= 4 is 5.78 Å². The molecule has 2 nitrogen and oxygen atoms in total. The van der Waals surface area contributed by atoms with Crippen molar-refractivity contribution in [2.75, 3.05) is 6.61 Å². The minimum atomic E-state index is -0.0202. The van der Waals surface area contributed by atoms with Gasteiger partial charge in [0.15, 0.2) is 0 Å². The van der Waals surface area contributed by atoms with E-state index in [4.69, 9.17) is 4.74 Å². The lowest BCUT2D eigenvalue weighted by molar-refractivity contribution is -0.130. The maximum atomic E-state index is 11.6. The predicted molar refractivity (Wildman–Crippen MR) is 57.3 cm³/mol. The van der Waals surface area contributed by atoms with Crippen molar-refractivity contribution in [2.24, 2.45) is 5.41 Å². The highest BCUT2D eigenvalue weighted by Gasteiger charge is 2.37. The van der Waals surface area contributed by atoms with E-state index in [1.165, 1.54) is 0 Å². The molecule has 0 aromatic carbocycles. The lowest BCUT2D eigenvalue weighted by Gasteiger charge is -2.37. The van der Waals surface area contributed by atoms with Gasteiger partial charge in [0, 0.05) is 12.0 Å². The molecule has 2 heteroatoms. The van der Waals surface area contributed by atoms with E-state index in [-0.39, 0.29) is 5.41 Å². The van der Waals surface area contributed by atoms with Gasteiger partial charge in [-0.15, -0.1) is 0 Å². The Morgan fingerprint density at radius 3 is 2.29 bits per heavy atom. The first-order valence-electron chi connectivity index (χ1n) is 5.77. The molecule has 0 amide bonds. The molecular weight excluding hydrogens is 176 g/mol. The van der Waals surface area contributed by atoms with Crippen molar-refractivity contribution < 1.29 is 9.53 Å². The largest absolute Gasteiger partial charge is 0.379 e. The van der Waals surface area contributed by atoms with Gasteiger partial charge in [-0.25, -0.2) is 0 Å². The molecule has 1 fully saturated rings. The molecule has 14 heavy (non-hydrogen) atoms. The van der Waals surface area contributed by atoms with Crippen LogP contribution in [0.2, 0.25) is 0 Å². The minimum absolute atomic E-state index is 0.0202. The molecule has 0 aromatic heterocycles. The Labute approximate surface area is 87.0 Å². The van der Waals surface area contributed by atoms with E-state index >= 15 is 0 Å². The van der Waals surface area contributed by atoms with Gasteiger partial charge in [-0.2, -0.15) is 0 Å². The van der Waals surface area contributed by atoms with Crippen LogP contribution < -0.4 is 0 Å². The minimum Gasteiger partial charge on any atom is -0.379 e. The van der Waals surface area contributed by atoms with Crippen LogP contribution in [-0.4, -0.2) is 18.5 Å². The van der Waals surface area contributed by atoms with Gasteiger partial charge >= 0.3 is 0 Å². The molecule has 0 radical (unpaired) electrons. The number of ether oxygens (including phenoxy) is 1. The third kappa shape index (κ3) is 2.35. The molecule has 1 aliphatic rings. The maximum Gasteiger partial charge on any atom is 0.135 e. The fourth-order valence-corrected chi connectivity index (χ4v) is 2.50. The normalized spacial score (nSPS) is 32.9. The van der Waals surface area contributed by atoms with E-state index in [1.54, 1.807) is 6.92 Å². The third-order valence-corrected chi connectivity index (χ3v) is 3.72. The van der Waals surface area contributed by atoms with Crippen LogP contribution in [0.5, 0.6) is 0 Å². The average Bonchev–Trinajstić information content (AvgIpc) is 2.19. The van der Waals surface area contributed by atoms with Crippen LogP contribution >= 0.6 is 0 Å². The summed E-state index contributed by atoms with van der Waals surface area (Å²) in [4.78, 5) is 11.6. The zero-order valence-electron chi connectivity index (χ0n) is 9.64. The van der Waals surface area contributed by atoms with Crippen molar-refractivity contribution in [3.05, 3.63) is 0 Å². The Kier molecular flexibility index (Phi) is 4.11. The van der Waals surface area contributed by atoms with Crippen LogP contribution in [0.25, 0.3) is 0 Å². The van der Waals surface area contributed by atoms with E-state index in [9.17, 15) is 4.79 Å². The van der Waals surface area contributed by atoms with Gasteiger partial charge in [-0.05, 0) is 46.0 Å². The number of carbonyl (C=O) groups is 1. The summed E-state index contributed by atoms with van der Waals surface area (Å²) >= 11 is 0. The Morgan fingerprint density at radius 1 is 1.36 bits per heavy atom. The molecule has 0 aliphatic heterocycles. The molecule has 1 saturated carbocycles. The molecule has 0 heterocycles. The molecule has 0 bridgehead atoms. The van der Waals surface area contributed by atoms with Crippen molar-refractivity contribution in [2.45, 2.75) is 59.0 Å². The summed E-state index contributed by atoms with van der Waals surface area (Å²) in [5.74, 6) is 0.370. The van der Waals surface area contributed by atoms with Crippen molar-refractivity contribution in [1.82, 2.24) is 0 Å². The monoisotopic (exact) mass is 198 g/mol. The summed E-state index contributed by atoms with van der Waals surface area (Å²) in [6, 6.07) is 0. The number of rotatable bonds is 4. The van der Waals surface area contributed by atoms with Crippen LogP contribution in [0.4, 0.5) is 0 Å². The van der Waals surface area contributed by atoms with E-state index in [0.717, 1.165) is 38.7 Å². The lowest BCUT2D eigenvalue weighted by atomic mass is 9.69. The molecule has 0 saturated heterocycles. The van der Waals surface area contributed by atoms with E-state index in [0.29, 0.717) is 11.9 Å². The molecule has 1 rings (SSSR count). The predicted octanol–water partition coefficient (Wildman–Crippen LogP) is 2.95. The van der Waals surface area contributed by atoms with Crippen molar-refractivity contribution in [1.29, 1.82) is 0 Å². The highest BCUT2D eigenvalue weighted by atomic mass is 16.5. The van der Waals surface area contributed by atoms with Gasteiger partial charge in [0.25, 0.3) is 0 Å². The summed E-state index contributed by atoms with van der Waals surface area (Å²) in [5.41, 5.74) is -0.0202. The first-order chi connectivity index (χ1) is 6.64. The first kappa shape index (κ1) is 11.7. The van der Waals surface area contributed by atoms with E-state index in [2.05, 4.69) is 6.92 Å². The lowest BCUT2D eigenvalue weighted by Crippen LogP contribution is -2.35. The van der Waals surface area contributed by atoms with Crippen molar-refractivity contribution in [3.8, 4) is 0 Å². The van der Waals surface area contributed by atoms with Crippen LogP contribution in [-0.2, 0) is 9.53 Å². The standard InChI is InChI=1S/C12H22O2/c1-4-12(10(3)13)8-6-11(7-9-12)14-5-2/h11H,4-9H2,1-3H3. The van der Waals surface area contributed by atoms with Crippen LogP contribution in [0.3, 0.4) is 0 Å². The molecule has 0 unspecified atom stereocenters. The van der Waals surface area contributed by atoms with Gasteiger partial charge in [0.2, 0.25) is 0 Å². The number of ketones is 1. The van der Waals surface area contributed by atoms with E-state index < -0.39 is 0 Å². The molecule has 0 N–H and O–H groups in total. The molecule has 0 spiro atoms. The Morgan fingerprint density at radius 2 is 1.93 bits per heavy atom. The van der Waals surface area contributed by atoms with Crippen molar-refractivity contribution in [3.63, 3.8) is 0 Å². The number of hydrogen-bond donors (Lipinski definition) is 0. The van der Waals surface area contributed by atoms with Crippen LogP contribution in [0, 0.1) is 5.41 Å². The number of hydrogen-bond acceptors (Lipinski definition) is 2. The smallest absolute Gasteiger partial charge is 0.135 e. The highest BCUT2D eigenvalue weighted by molar-refractivity contribution is 5.82. The first-order valence-corrected chi connectivity index (χ1v) is 5.77. The van der Waals surface area contributed by atoms with Crippen LogP contribution in [0.1, 0.15) is 52.9 Å². The Bertz CT molecular complexity index is 190. The van der Waals surface area contributed by atoms with Gasteiger partial charge < -0.3 is 4.74 Å². The quantitative estimate of drug-likeness (QED) is 0.694. The second-order valence-electron chi connectivity index (χ2n) is 4.34. The van der Waals surface area contributed by atoms with Gasteiger partial charge in [-0.3, -0.25) is 4.79 Å². The SMILES string of the molecule is CCOC1CCC(CC)(C(C)=O)CC1. The summed E-state index contributed by atoms with van der Waals surface area (Å²) in [5, 5.41) is 0. The summed E-state index contributed by atoms with van der Waals surface area (Å²) in [6.45, 7) is 6.70. The number of Topliss-reactive ketones (excluding diaryl/α,β-unsaturated/α-hetero) is 1. The Hall–Kier alpha value is -0.370. The topological polar surface area (TPSA) is 26.3 Å². The second-order valence-corrected chi connectivity index (χ2v) is 4.34. The molecule has 0 atom stereocenters. The van der Waals surface area contributed by atoms with Gasteiger partial charge in [0.1, 0.15) is 5.78 Å².